The van der Waals surface area contributed by atoms with Gasteiger partial charge in [-0.2, -0.15) is 0 Å². The molecule has 130 valence electrons. The third-order valence-electron chi connectivity index (χ3n) is 4.09. The zero-order valence-electron chi connectivity index (χ0n) is 13.7. The Morgan fingerprint density at radius 2 is 1.91 bits per heavy atom. The van der Waals surface area contributed by atoms with Gasteiger partial charge in [-0.05, 0) is 19.3 Å². The number of hydrogen-bond donors (Lipinski definition) is 3. The minimum absolute atomic E-state index is 0.0610. The van der Waals surface area contributed by atoms with Crippen molar-refractivity contribution in [2.24, 2.45) is 11.8 Å². The Morgan fingerprint density at radius 3 is 2.27 bits per heavy atom. The first-order valence-electron chi connectivity index (χ1n) is 7.56. The maximum Gasteiger partial charge on any atom is 0.337 e. The summed E-state index contributed by atoms with van der Waals surface area (Å²) in [6, 6.07) is 0. The summed E-state index contributed by atoms with van der Waals surface area (Å²) in [4.78, 5) is 10.9. The summed E-state index contributed by atoms with van der Waals surface area (Å²) in [5.74, 6) is -1.70. The Labute approximate surface area is 131 Å². The van der Waals surface area contributed by atoms with E-state index in [1.807, 2.05) is 13.8 Å². The van der Waals surface area contributed by atoms with Crippen LogP contribution in [-0.2, 0) is 19.0 Å². The van der Waals surface area contributed by atoms with Crippen molar-refractivity contribution in [3.05, 3.63) is 0 Å². The first-order valence-corrected chi connectivity index (χ1v) is 7.56. The quantitative estimate of drug-likeness (QED) is 0.499. The predicted octanol–water partition coefficient (Wildman–Crippen LogP) is 0.0575. The highest BCUT2D eigenvalue weighted by Crippen LogP contribution is 2.37. The van der Waals surface area contributed by atoms with Crippen LogP contribution in [0.3, 0.4) is 0 Å². The molecule has 2 aliphatic rings. The topological polar surface area (TPSA) is 105 Å². The van der Waals surface area contributed by atoms with Crippen LogP contribution in [0.4, 0.5) is 0 Å². The number of aliphatic hydroxyl groups is 3. The minimum atomic E-state index is -1.49. The lowest BCUT2D eigenvalue weighted by molar-refractivity contribution is -0.195. The molecule has 0 aromatic rings. The molecule has 1 saturated heterocycles. The number of rotatable bonds is 3. The number of methoxy groups -OCH3 is 2. The van der Waals surface area contributed by atoms with Gasteiger partial charge < -0.3 is 29.5 Å². The lowest BCUT2D eigenvalue weighted by Gasteiger charge is -2.22. The van der Waals surface area contributed by atoms with E-state index in [4.69, 9.17) is 9.47 Å². The van der Waals surface area contributed by atoms with Crippen molar-refractivity contribution >= 4 is 5.97 Å². The summed E-state index contributed by atoms with van der Waals surface area (Å²) in [6.07, 6.45) is 0.267. The van der Waals surface area contributed by atoms with E-state index in [0.29, 0.717) is 25.4 Å². The Hall–Kier alpha value is -0.730. The van der Waals surface area contributed by atoms with Crippen molar-refractivity contribution in [1.29, 1.82) is 0 Å². The number of ether oxygens (including phenoxy) is 3. The summed E-state index contributed by atoms with van der Waals surface area (Å²) < 4.78 is 14.4. The van der Waals surface area contributed by atoms with Crippen LogP contribution in [0.2, 0.25) is 0 Å². The molecule has 1 aliphatic heterocycles. The van der Waals surface area contributed by atoms with Gasteiger partial charge in [0.25, 0.3) is 0 Å². The minimum Gasteiger partial charge on any atom is -0.467 e. The molecule has 7 heteroatoms. The van der Waals surface area contributed by atoms with Crippen LogP contribution in [0.15, 0.2) is 0 Å². The molecule has 2 rings (SSSR count). The number of aliphatic hydroxyl groups excluding tert-OH is 1. The fourth-order valence-corrected chi connectivity index (χ4v) is 3.03. The molecule has 0 spiro atoms. The molecule has 0 bridgehead atoms. The average Bonchev–Trinajstić information content (AvgIpc) is 2.88. The van der Waals surface area contributed by atoms with Crippen molar-refractivity contribution in [1.82, 2.24) is 0 Å². The van der Waals surface area contributed by atoms with E-state index >= 15 is 0 Å². The van der Waals surface area contributed by atoms with Gasteiger partial charge in [0.2, 0.25) is 0 Å². The normalized spacial score (nSPS) is 36.6. The Bertz CT molecular complexity index is 358. The number of esters is 1. The molecular formula is C15H28O7. The van der Waals surface area contributed by atoms with Gasteiger partial charge in [-0.3, -0.25) is 0 Å². The van der Waals surface area contributed by atoms with E-state index in [9.17, 15) is 20.1 Å². The van der Waals surface area contributed by atoms with E-state index in [0.717, 1.165) is 6.42 Å². The Balaban J connectivity index is 0.000000220. The van der Waals surface area contributed by atoms with Gasteiger partial charge in [-0.25, -0.2) is 4.79 Å². The number of hydrogen-bond acceptors (Lipinski definition) is 7. The van der Waals surface area contributed by atoms with Gasteiger partial charge in [0.05, 0.1) is 25.9 Å². The summed E-state index contributed by atoms with van der Waals surface area (Å²) in [6.45, 7) is 4.28. The third-order valence-corrected chi connectivity index (χ3v) is 4.09. The second kappa shape index (κ2) is 8.21. The molecule has 3 N–H and O–H groups in total. The molecule has 0 aromatic carbocycles. The first kappa shape index (κ1) is 19.3. The van der Waals surface area contributed by atoms with Gasteiger partial charge in [0, 0.05) is 25.9 Å². The smallest absolute Gasteiger partial charge is 0.337 e. The van der Waals surface area contributed by atoms with Gasteiger partial charge >= 0.3 is 5.97 Å². The van der Waals surface area contributed by atoms with Crippen LogP contribution in [0.5, 0.6) is 0 Å². The highest BCUT2D eigenvalue weighted by atomic mass is 16.6. The molecule has 2 fully saturated rings. The van der Waals surface area contributed by atoms with Crippen molar-refractivity contribution < 1.29 is 34.3 Å². The number of carbonyl (C=O) groups excluding carboxylic acids is 1. The zero-order valence-corrected chi connectivity index (χ0v) is 13.7. The first-order chi connectivity index (χ1) is 10.2. The second-order valence-corrected chi connectivity index (χ2v) is 6.27. The summed E-state index contributed by atoms with van der Waals surface area (Å²) in [7, 11) is 2.86. The molecular weight excluding hydrogens is 292 g/mol. The zero-order chi connectivity index (χ0) is 16.9. The molecule has 1 saturated carbocycles. The van der Waals surface area contributed by atoms with Crippen molar-refractivity contribution in [3.8, 4) is 0 Å². The molecule has 1 unspecified atom stereocenters. The SMILES string of the molecule is COC(=O)[C@H]1O[C@@H](C)CC1O.COC[C@H]1C[C@@H](C)CC1(O)O. The maximum atomic E-state index is 10.9. The van der Waals surface area contributed by atoms with Crippen LogP contribution in [0.25, 0.3) is 0 Å². The molecule has 7 nitrogen and oxygen atoms in total. The Morgan fingerprint density at radius 1 is 1.27 bits per heavy atom. The highest BCUT2D eigenvalue weighted by molar-refractivity contribution is 5.75. The van der Waals surface area contributed by atoms with Crippen molar-refractivity contribution in [3.63, 3.8) is 0 Å². The predicted molar refractivity (Wildman–Crippen MR) is 77.9 cm³/mol. The molecule has 0 amide bonds. The summed E-state index contributed by atoms with van der Waals surface area (Å²) >= 11 is 0. The average molecular weight is 320 g/mol. The summed E-state index contributed by atoms with van der Waals surface area (Å²) in [5, 5.41) is 28.1. The standard InChI is InChI=1S/C8H16O3.C7H12O4/c1-6-3-7(5-11-2)8(9,10)4-6;1-4-3-5(8)6(11-4)7(9)10-2/h6-7,9-10H,3-5H2,1-2H3;4-6,8H,3H2,1-2H3/t6-,7-;4-,5?,6-/m10/s1. The largest absolute Gasteiger partial charge is 0.467 e. The lowest BCUT2D eigenvalue weighted by Crippen LogP contribution is -2.35. The van der Waals surface area contributed by atoms with Gasteiger partial charge in [-0.1, -0.05) is 6.92 Å². The molecule has 22 heavy (non-hydrogen) atoms. The van der Waals surface area contributed by atoms with Gasteiger partial charge in [0.1, 0.15) is 0 Å². The van der Waals surface area contributed by atoms with E-state index in [1.54, 1.807) is 7.11 Å². The summed E-state index contributed by atoms with van der Waals surface area (Å²) in [5.41, 5.74) is 0. The molecule has 1 aliphatic carbocycles. The van der Waals surface area contributed by atoms with Crippen LogP contribution in [0, 0.1) is 11.8 Å². The maximum absolute atomic E-state index is 10.9. The van der Waals surface area contributed by atoms with E-state index in [2.05, 4.69) is 4.74 Å². The fourth-order valence-electron chi connectivity index (χ4n) is 3.03. The van der Waals surface area contributed by atoms with Crippen LogP contribution in [-0.4, -0.2) is 66.2 Å². The molecule has 0 radical (unpaired) electrons. The van der Waals surface area contributed by atoms with E-state index in [-0.39, 0.29) is 12.0 Å². The molecule has 0 aromatic heterocycles. The Kier molecular flexibility index (Phi) is 7.21. The number of carbonyl (C=O) groups is 1. The van der Waals surface area contributed by atoms with E-state index < -0.39 is 24.0 Å². The van der Waals surface area contributed by atoms with Crippen LogP contribution >= 0.6 is 0 Å². The van der Waals surface area contributed by atoms with Crippen LogP contribution in [0.1, 0.15) is 33.1 Å². The fraction of sp³-hybridized carbons (Fsp3) is 0.933. The third kappa shape index (κ3) is 5.17. The molecule has 1 heterocycles. The van der Waals surface area contributed by atoms with E-state index in [1.165, 1.54) is 7.11 Å². The molecule has 5 atom stereocenters. The van der Waals surface area contributed by atoms with Crippen molar-refractivity contribution in [2.45, 2.75) is 57.2 Å². The monoisotopic (exact) mass is 320 g/mol. The second-order valence-electron chi connectivity index (χ2n) is 6.27. The van der Waals surface area contributed by atoms with Gasteiger partial charge in [-0.15, -0.1) is 0 Å². The lowest BCUT2D eigenvalue weighted by atomic mass is 10.0. The van der Waals surface area contributed by atoms with Gasteiger partial charge in [0.15, 0.2) is 11.9 Å². The van der Waals surface area contributed by atoms with Crippen molar-refractivity contribution in [2.75, 3.05) is 20.8 Å². The highest BCUT2D eigenvalue weighted by Gasteiger charge is 2.42. The van der Waals surface area contributed by atoms with Crippen LogP contribution < -0.4 is 0 Å².